The number of rotatable bonds is 8. The van der Waals surface area contributed by atoms with Crippen molar-refractivity contribution in [1.82, 2.24) is 0 Å². The molecule has 0 bridgehead atoms. The topological polar surface area (TPSA) is 61.2 Å². The van der Waals surface area contributed by atoms with E-state index in [9.17, 15) is 4.79 Å². The van der Waals surface area contributed by atoms with Crippen molar-refractivity contribution in [1.29, 1.82) is 0 Å². The number of carbonyl (C=O) groups is 1. The molecule has 6 nitrogen and oxygen atoms in total. The number of nitrogens with one attached hydrogen (secondary N) is 2. The summed E-state index contributed by atoms with van der Waals surface area (Å²) in [5.41, 5.74) is 3.32. The number of ether oxygens (including phenoxy) is 3. The minimum absolute atomic E-state index is 0.171. The van der Waals surface area contributed by atoms with Crippen molar-refractivity contribution in [2.24, 2.45) is 0 Å². The molecule has 1 aliphatic heterocycles. The summed E-state index contributed by atoms with van der Waals surface area (Å²) in [6.07, 6.45) is 0. The summed E-state index contributed by atoms with van der Waals surface area (Å²) in [4.78, 5) is 14.5. The van der Waals surface area contributed by atoms with Crippen molar-refractivity contribution < 1.29 is 23.9 Å². The average Bonchev–Trinajstić information content (AvgIpc) is 2.84. The van der Waals surface area contributed by atoms with Crippen LogP contribution >= 0.6 is 15.9 Å². The molecule has 7 heteroatoms. The van der Waals surface area contributed by atoms with Gasteiger partial charge in [-0.15, -0.1) is 0 Å². The van der Waals surface area contributed by atoms with Gasteiger partial charge in [-0.25, -0.2) is 0 Å². The van der Waals surface area contributed by atoms with E-state index in [2.05, 4.69) is 27.3 Å². The highest BCUT2D eigenvalue weighted by molar-refractivity contribution is 9.10. The molecule has 0 saturated carbocycles. The number of halogens is 1. The fourth-order valence-corrected chi connectivity index (χ4v) is 4.24. The SMILES string of the molecule is COc1ccc(C(=O)Nc2cccc(C[NH+]3CCOCC3)c2)cc1COc1ccccc1Br. The highest BCUT2D eigenvalue weighted by Gasteiger charge is 2.15. The molecule has 1 saturated heterocycles. The van der Waals surface area contributed by atoms with E-state index in [1.807, 2.05) is 48.5 Å². The fraction of sp³-hybridized carbons (Fsp3) is 0.269. The van der Waals surface area contributed by atoms with Crippen LogP contribution in [-0.2, 0) is 17.9 Å². The predicted molar refractivity (Wildman–Crippen MR) is 131 cm³/mol. The first kappa shape index (κ1) is 23.3. The second kappa shape index (κ2) is 11.3. The number of anilines is 1. The number of carbonyl (C=O) groups excluding carboxylic acids is 1. The maximum absolute atomic E-state index is 13.0. The summed E-state index contributed by atoms with van der Waals surface area (Å²) in [6, 6.07) is 21.1. The maximum Gasteiger partial charge on any atom is 0.255 e. The van der Waals surface area contributed by atoms with E-state index >= 15 is 0 Å². The van der Waals surface area contributed by atoms with Crippen LogP contribution in [0.15, 0.2) is 71.2 Å². The van der Waals surface area contributed by atoms with Crippen molar-refractivity contribution in [3.8, 4) is 11.5 Å². The molecule has 1 heterocycles. The minimum Gasteiger partial charge on any atom is -0.496 e. The summed E-state index contributed by atoms with van der Waals surface area (Å²) in [6.45, 7) is 4.82. The quantitative estimate of drug-likeness (QED) is 0.484. The molecule has 0 spiro atoms. The van der Waals surface area contributed by atoms with Gasteiger partial charge >= 0.3 is 0 Å². The lowest BCUT2D eigenvalue weighted by Crippen LogP contribution is -3.12. The van der Waals surface area contributed by atoms with Gasteiger partial charge in [0.1, 0.15) is 37.7 Å². The van der Waals surface area contributed by atoms with Crippen LogP contribution in [0.4, 0.5) is 5.69 Å². The molecule has 3 aromatic rings. The Hall–Kier alpha value is -2.87. The monoisotopic (exact) mass is 511 g/mol. The molecule has 1 fully saturated rings. The summed E-state index contributed by atoms with van der Waals surface area (Å²) in [5, 5.41) is 3.02. The van der Waals surface area contributed by atoms with Gasteiger partial charge in [0.25, 0.3) is 5.91 Å². The Bertz CT molecular complexity index is 1100. The summed E-state index contributed by atoms with van der Waals surface area (Å²) in [5.74, 6) is 1.23. The van der Waals surface area contributed by atoms with Crippen molar-refractivity contribution >= 4 is 27.5 Å². The van der Waals surface area contributed by atoms with E-state index in [1.165, 1.54) is 10.5 Å². The van der Waals surface area contributed by atoms with Crippen molar-refractivity contribution in [2.45, 2.75) is 13.2 Å². The van der Waals surface area contributed by atoms with Gasteiger partial charge in [0.15, 0.2) is 0 Å². The molecule has 0 aliphatic carbocycles. The molecule has 0 aromatic heterocycles. The molecule has 0 radical (unpaired) electrons. The van der Waals surface area contributed by atoms with E-state index in [-0.39, 0.29) is 12.5 Å². The Morgan fingerprint density at radius 2 is 1.85 bits per heavy atom. The van der Waals surface area contributed by atoms with Gasteiger partial charge < -0.3 is 24.4 Å². The van der Waals surface area contributed by atoms with E-state index in [0.717, 1.165) is 54.3 Å². The highest BCUT2D eigenvalue weighted by Crippen LogP contribution is 2.27. The van der Waals surface area contributed by atoms with Crippen LogP contribution in [0.3, 0.4) is 0 Å². The lowest BCUT2D eigenvalue weighted by atomic mass is 10.1. The highest BCUT2D eigenvalue weighted by atomic mass is 79.9. The van der Waals surface area contributed by atoms with Crippen LogP contribution in [-0.4, -0.2) is 39.3 Å². The van der Waals surface area contributed by atoms with Crippen LogP contribution < -0.4 is 19.7 Å². The zero-order valence-electron chi connectivity index (χ0n) is 18.6. The lowest BCUT2D eigenvalue weighted by molar-refractivity contribution is -0.921. The van der Waals surface area contributed by atoms with Crippen LogP contribution in [0.25, 0.3) is 0 Å². The third kappa shape index (κ3) is 6.35. The minimum atomic E-state index is -0.171. The molecule has 4 rings (SSSR count). The van der Waals surface area contributed by atoms with Gasteiger partial charge in [-0.1, -0.05) is 24.3 Å². The summed E-state index contributed by atoms with van der Waals surface area (Å²) >= 11 is 3.49. The molecule has 0 atom stereocenters. The van der Waals surface area contributed by atoms with Gasteiger partial charge in [0.2, 0.25) is 0 Å². The number of para-hydroxylation sites is 1. The van der Waals surface area contributed by atoms with Crippen LogP contribution in [0.5, 0.6) is 11.5 Å². The van der Waals surface area contributed by atoms with E-state index in [0.29, 0.717) is 11.3 Å². The molecule has 0 unspecified atom stereocenters. The first-order valence-electron chi connectivity index (χ1n) is 11.0. The third-order valence-electron chi connectivity index (χ3n) is 5.60. The first-order valence-corrected chi connectivity index (χ1v) is 11.8. The Morgan fingerprint density at radius 1 is 1.03 bits per heavy atom. The molecule has 3 aromatic carbocycles. The second-order valence-corrected chi connectivity index (χ2v) is 8.79. The van der Waals surface area contributed by atoms with E-state index in [4.69, 9.17) is 14.2 Å². The Labute approximate surface area is 202 Å². The predicted octanol–water partition coefficient (Wildman–Crippen LogP) is 3.70. The standard InChI is InChI=1S/C26H27BrN2O4/c1-31-24-10-9-20(16-21(24)18-33-25-8-3-2-7-23(25)27)26(30)28-22-6-4-5-19(15-22)17-29-11-13-32-14-12-29/h2-10,15-16H,11-14,17-18H2,1H3,(H,28,30)/p+1. The van der Waals surface area contributed by atoms with Crippen LogP contribution in [0.2, 0.25) is 0 Å². The molecular weight excluding hydrogens is 484 g/mol. The molecule has 1 aliphatic rings. The number of methoxy groups -OCH3 is 1. The summed E-state index contributed by atoms with van der Waals surface area (Å²) < 4.78 is 17.7. The van der Waals surface area contributed by atoms with E-state index < -0.39 is 0 Å². The number of morpholine rings is 1. The van der Waals surface area contributed by atoms with Crippen molar-refractivity contribution in [3.63, 3.8) is 0 Å². The maximum atomic E-state index is 13.0. The van der Waals surface area contributed by atoms with Gasteiger partial charge in [0, 0.05) is 22.4 Å². The molecule has 172 valence electrons. The Balaban J connectivity index is 1.44. The van der Waals surface area contributed by atoms with Crippen LogP contribution in [0, 0.1) is 0 Å². The van der Waals surface area contributed by atoms with Crippen molar-refractivity contribution in [2.75, 3.05) is 38.7 Å². The number of amides is 1. The van der Waals surface area contributed by atoms with Gasteiger partial charge in [-0.05, 0) is 58.4 Å². The number of quaternary nitrogens is 1. The van der Waals surface area contributed by atoms with Gasteiger partial charge in [0.05, 0.1) is 24.8 Å². The molecular formula is C26H28BrN2O4+. The lowest BCUT2D eigenvalue weighted by Gasteiger charge is -2.23. The van der Waals surface area contributed by atoms with Crippen molar-refractivity contribution in [3.05, 3.63) is 87.9 Å². The average molecular weight is 512 g/mol. The van der Waals surface area contributed by atoms with Gasteiger partial charge in [-0.3, -0.25) is 4.79 Å². The number of hydrogen-bond donors (Lipinski definition) is 2. The molecule has 1 amide bonds. The number of hydrogen-bond acceptors (Lipinski definition) is 4. The third-order valence-corrected chi connectivity index (χ3v) is 6.26. The van der Waals surface area contributed by atoms with Crippen LogP contribution in [0.1, 0.15) is 21.5 Å². The number of benzene rings is 3. The zero-order valence-corrected chi connectivity index (χ0v) is 20.2. The Morgan fingerprint density at radius 3 is 2.64 bits per heavy atom. The first-order chi connectivity index (χ1) is 16.1. The smallest absolute Gasteiger partial charge is 0.255 e. The largest absolute Gasteiger partial charge is 0.496 e. The fourth-order valence-electron chi connectivity index (χ4n) is 3.84. The zero-order chi connectivity index (χ0) is 23.0. The Kier molecular flexibility index (Phi) is 7.99. The molecule has 2 N–H and O–H groups in total. The van der Waals surface area contributed by atoms with Gasteiger partial charge in [-0.2, -0.15) is 0 Å². The molecule has 33 heavy (non-hydrogen) atoms. The summed E-state index contributed by atoms with van der Waals surface area (Å²) in [7, 11) is 1.61. The normalized spacial score (nSPS) is 14.0. The second-order valence-electron chi connectivity index (χ2n) is 7.94. The van der Waals surface area contributed by atoms with E-state index in [1.54, 1.807) is 19.2 Å².